The van der Waals surface area contributed by atoms with E-state index in [4.69, 9.17) is 0 Å². The smallest absolute Gasteiger partial charge is 0.246 e. The van der Waals surface area contributed by atoms with E-state index in [0.29, 0.717) is 12.0 Å². The molecule has 0 aliphatic heterocycles. The lowest BCUT2D eigenvalue weighted by molar-refractivity contribution is -0.117. The number of aromatic amines is 1. The Bertz CT molecular complexity index is 507. The van der Waals surface area contributed by atoms with Crippen molar-refractivity contribution >= 4 is 16.8 Å². The predicted octanol–water partition coefficient (Wildman–Crippen LogP) is 2.01. The van der Waals surface area contributed by atoms with Crippen LogP contribution in [0.1, 0.15) is 5.69 Å². The average Bonchev–Trinajstić information content (AvgIpc) is 2.69. The number of fused-ring (bicyclic) bond motifs is 1. The van der Waals surface area contributed by atoms with Gasteiger partial charge >= 0.3 is 0 Å². The fourth-order valence-corrected chi connectivity index (χ4v) is 1.72. The predicted molar refractivity (Wildman–Crippen MR) is 65.2 cm³/mol. The molecule has 1 heterocycles. The van der Waals surface area contributed by atoms with Crippen LogP contribution in [-0.4, -0.2) is 17.9 Å². The number of amides is 1. The molecule has 16 heavy (non-hydrogen) atoms. The van der Waals surface area contributed by atoms with Gasteiger partial charge in [-0.05, 0) is 17.5 Å². The van der Waals surface area contributed by atoms with Crippen LogP contribution in [0.4, 0.5) is 0 Å². The highest BCUT2D eigenvalue weighted by Gasteiger charge is 2.07. The third-order valence-electron chi connectivity index (χ3n) is 2.54. The van der Waals surface area contributed by atoms with Crippen LogP contribution in [0, 0.1) is 0 Å². The molecule has 0 bridgehead atoms. The van der Waals surface area contributed by atoms with E-state index in [9.17, 15) is 4.79 Å². The Morgan fingerprint density at radius 1 is 1.44 bits per heavy atom. The molecule has 1 aromatic heterocycles. The quantitative estimate of drug-likeness (QED) is 0.754. The third-order valence-corrected chi connectivity index (χ3v) is 2.54. The molecule has 0 saturated carbocycles. The highest BCUT2D eigenvalue weighted by molar-refractivity contribution is 5.93. The summed E-state index contributed by atoms with van der Waals surface area (Å²) >= 11 is 0. The first kappa shape index (κ1) is 10.5. The maximum Gasteiger partial charge on any atom is 0.246 e. The fraction of sp³-hybridized carbons (Fsp3) is 0.154. The molecule has 1 amide bonds. The number of rotatable bonds is 3. The molecule has 2 rings (SSSR count). The summed E-state index contributed by atoms with van der Waals surface area (Å²) in [5, 5.41) is 3.72. The lowest BCUT2D eigenvalue weighted by atomic mass is 10.1. The minimum Gasteiger partial charge on any atom is -0.358 e. The lowest BCUT2D eigenvalue weighted by Gasteiger charge is -2.01. The first-order valence-corrected chi connectivity index (χ1v) is 5.17. The summed E-state index contributed by atoms with van der Waals surface area (Å²) in [6.07, 6.45) is 0.550. The van der Waals surface area contributed by atoms with Crippen molar-refractivity contribution in [3.8, 4) is 0 Å². The largest absolute Gasteiger partial charge is 0.358 e. The van der Waals surface area contributed by atoms with E-state index < -0.39 is 0 Å². The highest BCUT2D eigenvalue weighted by atomic mass is 16.1. The van der Waals surface area contributed by atoms with Crippen molar-refractivity contribution in [2.24, 2.45) is 0 Å². The third kappa shape index (κ3) is 1.98. The molecule has 82 valence electrons. The molecule has 2 aromatic rings. The van der Waals surface area contributed by atoms with Gasteiger partial charge in [-0.2, -0.15) is 0 Å². The summed E-state index contributed by atoms with van der Waals surface area (Å²) in [6, 6.07) is 10.1. The SMILES string of the molecule is C=C(Cc1cc2ccccc2[nH]1)C(=O)NC. The van der Waals surface area contributed by atoms with Gasteiger partial charge in [0.05, 0.1) is 0 Å². The van der Waals surface area contributed by atoms with E-state index in [0.717, 1.165) is 16.6 Å². The standard InChI is InChI=1S/C13H14N2O/c1-9(13(16)14-2)7-11-8-10-5-3-4-6-12(10)15-11/h3-6,8,15H,1,7H2,2H3,(H,14,16). The number of carbonyl (C=O) groups excluding carboxylic acids is 1. The van der Waals surface area contributed by atoms with Gasteiger partial charge in [-0.25, -0.2) is 0 Å². The molecule has 0 fully saturated rings. The number of hydrogen-bond donors (Lipinski definition) is 2. The summed E-state index contributed by atoms with van der Waals surface area (Å²) < 4.78 is 0. The topological polar surface area (TPSA) is 44.9 Å². The first-order chi connectivity index (χ1) is 7.70. The Hall–Kier alpha value is -2.03. The second-order valence-corrected chi connectivity index (χ2v) is 3.74. The van der Waals surface area contributed by atoms with Crippen LogP contribution >= 0.6 is 0 Å². The normalized spacial score (nSPS) is 10.3. The van der Waals surface area contributed by atoms with E-state index in [2.05, 4.69) is 16.9 Å². The number of likely N-dealkylation sites (N-methyl/N-ethyl adjacent to an activating group) is 1. The molecule has 0 unspecified atom stereocenters. The van der Waals surface area contributed by atoms with Crippen LogP contribution in [0.25, 0.3) is 10.9 Å². The Kier molecular flexibility index (Phi) is 2.77. The van der Waals surface area contributed by atoms with E-state index in [1.165, 1.54) is 0 Å². The van der Waals surface area contributed by atoms with Crippen molar-refractivity contribution in [1.29, 1.82) is 0 Å². The van der Waals surface area contributed by atoms with Gasteiger partial charge in [-0.1, -0.05) is 24.8 Å². The van der Waals surface area contributed by atoms with Crippen molar-refractivity contribution in [2.75, 3.05) is 7.05 Å². The minimum atomic E-state index is -0.112. The molecule has 0 saturated heterocycles. The number of hydrogen-bond acceptors (Lipinski definition) is 1. The molecule has 2 N–H and O–H groups in total. The number of aromatic nitrogens is 1. The van der Waals surface area contributed by atoms with Crippen molar-refractivity contribution in [3.05, 3.63) is 48.2 Å². The Labute approximate surface area is 94.2 Å². The molecule has 0 spiro atoms. The van der Waals surface area contributed by atoms with Gasteiger partial charge in [0, 0.05) is 30.3 Å². The second-order valence-electron chi connectivity index (χ2n) is 3.74. The van der Waals surface area contributed by atoms with E-state index in [-0.39, 0.29) is 5.91 Å². The van der Waals surface area contributed by atoms with Gasteiger partial charge in [0.2, 0.25) is 5.91 Å². The second kappa shape index (κ2) is 4.23. The fourth-order valence-electron chi connectivity index (χ4n) is 1.72. The van der Waals surface area contributed by atoms with Crippen molar-refractivity contribution in [2.45, 2.75) is 6.42 Å². The zero-order valence-electron chi connectivity index (χ0n) is 9.21. The van der Waals surface area contributed by atoms with Crippen molar-refractivity contribution in [1.82, 2.24) is 10.3 Å². The van der Waals surface area contributed by atoms with Gasteiger partial charge in [-0.15, -0.1) is 0 Å². The Morgan fingerprint density at radius 2 is 2.19 bits per heavy atom. The Balaban J connectivity index is 2.22. The zero-order valence-corrected chi connectivity index (χ0v) is 9.21. The maximum atomic E-state index is 11.3. The summed E-state index contributed by atoms with van der Waals surface area (Å²) in [6.45, 7) is 3.76. The van der Waals surface area contributed by atoms with Gasteiger partial charge < -0.3 is 10.3 Å². The molecule has 0 aliphatic rings. The van der Waals surface area contributed by atoms with Crippen LogP contribution in [0.2, 0.25) is 0 Å². The summed E-state index contributed by atoms with van der Waals surface area (Å²) in [5.74, 6) is -0.112. The molecule has 0 atom stereocenters. The van der Waals surface area contributed by atoms with Gasteiger partial charge in [0.15, 0.2) is 0 Å². The van der Waals surface area contributed by atoms with E-state index in [1.54, 1.807) is 7.05 Å². The maximum absolute atomic E-state index is 11.3. The number of para-hydroxylation sites is 1. The average molecular weight is 214 g/mol. The van der Waals surface area contributed by atoms with Crippen molar-refractivity contribution in [3.63, 3.8) is 0 Å². The first-order valence-electron chi connectivity index (χ1n) is 5.17. The molecule has 0 aliphatic carbocycles. The van der Waals surface area contributed by atoms with Crippen LogP contribution < -0.4 is 5.32 Å². The molecular formula is C13H14N2O. The number of benzene rings is 1. The monoisotopic (exact) mass is 214 g/mol. The van der Waals surface area contributed by atoms with Gasteiger partial charge in [0.1, 0.15) is 0 Å². The minimum absolute atomic E-state index is 0.112. The van der Waals surface area contributed by atoms with Crippen LogP contribution in [0.5, 0.6) is 0 Å². The van der Waals surface area contributed by atoms with E-state index in [1.807, 2.05) is 30.3 Å². The molecule has 1 aromatic carbocycles. The lowest BCUT2D eigenvalue weighted by Crippen LogP contribution is -2.20. The van der Waals surface area contributed by atoms with Crippen LogP contribution in [-0.2, 0) is 11.2 Å². The van der Waals surface area contributed by atoms with Gasteiger partial charge in [0.25, 0.3) is 0 Å². The Morgan fingerprint density at radius 3 is 2.88 bits per heavy atom. The number of nitrogens with one attached hydrogen (secondary N) is 2. The van der Waals surface area contributed by atoms with Gasteiger partial charge in [-0.3, -0.25) is 4.79 Å². The number of H-pyrrole nitrogens is 1. The molecule has 3 nitrogen and oxygen atoms in total. The molecule has 3 heteroatoms. The van der Waals surface area contributed by atoms with Crippen molar-refractivity contribution < 1.29 is 4.79 Å². The zero-order chi connectivity index (χ0) is 11.5. The highest BCUT2D eigenvalue weighted by Crippen LogP contribution is 2.16. The van der Waals surface area contributed by atoms with Crippen LogP contribution in [0.15, 0.2) is 42.5 Å². The summed E-state index contributed by atoms with van der Waals surface area (Å²) in [7, 11) is 1.61. The van der Waals surface area contributed by atoms with E-state index >= 15 is 0 Å². The summed E-state index contributed by atoms with van der Waals surface area (Å²) in [4.78, 5) is 14.6. The summed E-state index contributed by atoms with van der Waals surface area (Å²) in [5.41, 5.74) is 2.66. The number of carbonyl (C=O) groups is 1. The molecular weight excluding hydrogens is 200 g/mol. The molecule has 0 radical (unpaired) electrons. The van der Waals surface area contributed by atoms with Crippen LogP contribution in [0.3, 0.4) is 0 Å².